The van der Waals surface area contributed by atoms with Crippen LogP contribution in [0.4, 0.5) is 0 Å². The quantitative estimate of drug-likeness (QED) is 0.203. The Bertz CT molecular complexity index is 1680. The third kappa shape index (κ3) is 7.41. The molecule has 5 aromatic rings. The van der Waals surface area contributed by atoms with Crippen molar-refractivity contribution >= 4 is 0 Å². The molecule has 0 atom stereocenters. The Labute approximate surface area is 281 Å². The molecule has 0 unspecified atom stereocenters. The van der Waals surface area contributed by atoms with E-state index in [1.807, 2.05) is 42.7 Å². The van der Waals surface area contributed by atoms with E-state index in [0.29, 0.717) is 11.4 Å². The highest BCUT2D eigenvalue weighted by molar-refractivity contribution is 5.46. The molecule has 0 aliphatic rings. The average Bonchev–Trinajstić information content (AvgIpc) is 3.67. The van der Waals surface area contributed by atoms with Crippen molar-refractivity contribution < 1.29 is 5.11 Å². The third-order valence-corrected chi connectivity index (χ3v) is 8.97. The zero-order chi connectivity index (χ0) is 34.6. The molecule has 2 heterocycles. The Kier molecular flexibility index (Phi) is 8.63. The van der Waals surface area contributed by atoms with E-state index in [2.05, 4.69) is 140 Å². The maximum absolute atomic E-state index is 12.6. The van der Waals surface area contributed by atoms with E-state index >= 15 is 0 Å². The monoisotopic (exact) mass is 632 g/mol. The number of hydrogen-bond donors (Lipinski definition) is 1. The number of hydrogen-bond acceptors (Lipinski definition) is 5. The largest absolute Gasteiger partial charge is 0.377 e. The summed E-state index contributed by atoms with van der Waals surface area (Å²) >= 11 is 0. The van der Waals surface area contributed by atoms with Crippen LogP contribution in [0.5, 0.6) is 0 Å². The molecule has 0 aliphatic carbocycles. The number of rotatable bonds is 6. The van der Waals surface area contributed by atoms with Crippen LogP contribution in [-0.4, -0.2) is 35.1 Å². The molecule has 0 radical (unpaired) electrons. The molecule has 3 aromatic carbocycles. The molecule has 7 heteroatoms. The first-order valence-corrected chi connectivity index (χ1v) is 16.6. The fraction of sp³-hybridized carbons (Fsp3) is 0.450. The maximum Gasteiger partial charge on any atom is 0.159 e. The van der Waals surface area contributed by atoms with Crippen LogP contribution in [0, 0.1) is 0 Å². The van der Waals surface area contributed by atoms with Crippen LogP contribution in [0.3, 0.4) is 0 Å². The van der Waals surface area contributed by atoms with Gasteiger partial charge in [0.15, 0.2) is 5.60 Å². The average molecular weight is 633 g/mol. The van der Waals surface area contributed by atoms with Gasteiger partial charge in [0, 0.05) is 6.42 Å². The van der Waals surface area contributed by atoms with E-state index < -0.39 is 5.60 Å². The molecule has 248 valence electrons. The van der Waals surface area contributed by atoms with Gasteiger partial charge in [-0.2, -0.15) is 0 Å². The maximum atomic E-state index is 12.6. The van der Waals surface area contributed by atoms with Crippen molar-refractivity contribution in [3.8, 4) is 11.4 Å². The summed E-state index contributed by atoms with van der Waals surface area (Å²) in [7, 11) is 0. The summed E-state index contributed by atoms with van der Waals surface area (Å²) in [6.07, 6.45) is 3.91. The predicted molar refractivity (Wildman–Crippen MR) is 191 cm³/mol. The normalized spacial score (nSPS) is 13.3. The molecular weight excluding hydrogens is 580 g/mol. The second-order valence-electron chi connectivity index (χ2n) is 17.2. The topological polar surface area (TPSA) is 81.7 Å². The van der Waals surface area contributed by atoms with Gasteiger partial charge in [-0.25, -0.2) is 9.36 Å². The van der Waals surface area contributed by atoms with Crippen LogP contribution in [0.2, 0.25) is 0 Å². The molecule has 0 spiro atoms. The van der Waals surface area contributed by atoms with Gasteiger partial charge in [0.1, 0.15) is 11.4 Å². The fourth-order valence-corrected chi connectivity index (χ4v) is 5.58. The molecule has 0 saturated carbocycles. The second-order valence-corrected chi connectivity index (χ2v) is 17.2. The zero-order valence-electron chi connectivity index (χ0n) is 30.3. The molecule has 0 amide bonds. The van der Waals surface area contributed by atoms with Gasteiger partial charge in [-0.3, -0.25) is 0 Å². The first-order chi connectivity index (χ1) is 21.6. The van der Waals surface area contributed by atoms with Crippen molar-refractivity contribution in [1.82, 2.24) is 30.0 Å². The first kappa shape index (κ1) is 34.2. The highest BCUT2D eigenvalue weighted by Gasteiger charge is 2.39. The van der Waals surface area contributed by atoms with Crippen LogP contribution < -0.4 is 0 Å². The van der Waals surface area contributed by atoms with Crippen LogP contribution in [0.25, 0.3) is 11.4 Å². The van der Waals surface area contributed by atoms with Crippen molar-refractivity contribution in [1.29, 1.82) is 0 Å². The highest BCUT2D eigenvalue weighted by atomic mass is 16.3. The minimum Gasteiger partial charge on any atom is -0.377 e. The van der Waals surface area contributed by atoms with Crippen molar-refractivity contribution in [3.05, 3.63) is 118 Å². The summed E-state index contributed by atoms with van der Waals surface area (Å²) in [5.74, 6) is 0. The SMILES string of the molecule is CC(C)(C)c1cc(-n2cc(C(O)(Cc3ccccc3)c3cn(-c4cc(C(C)(C)C)cc(C(C)(C)C)c4)nn3)nn2)cc(C(C)(C)C)c1. The van der Waals surface area contributed by atoms with E-state index in [1.54, 1.807) is 9.36 Å². The molecule has 0 fully saturated rings. The van der Waals surface area contributed by atoms with Gasteiger partial charge in [-0.1, -0.05) is 136 Å². The molecule has 0 bridgehead atoms. The Morgan fingerprint density at radius 3 is 1.17 bits per heavy atom. The summed E-state index contributed by atoms with van der Waals surface area (Å²) in [5.41, 5.74) is 6.64. The number of aromatic nitrogens is 6. The minimum atomic E-state index is -1.58. The van der Waals surface area contributed by atoms with E-state index in [4.69, 9.17) is 0 Å². The summed E-state index contributed by atoms with van der Waals surface area (Å²) in [5, 5.41) is 30.9. The minimum absolute atomic E-state index is 0.0525. The number of aliphatic hydroxyl groups is 1. The van der Waals surface area contributed by atoms with Crippen LogP contribution in [0.1, 0.15) is 122 Å². The number of benzene rings is 3. The first-order valence-electron chi connectivity index (χ1n) is 16.6. The van der Waals surface area contributed by atoms with Crippen molar-refractivity contribution in [2.45, 2.75) is 117 Å². The zero-order valence-corrected chi connectivity index (χ0v) is 30.3. The fourth-order valence-electron chi connectivity index (χ4n) is 5.58. The van der Waals surface area contributed by atoms with Gasteiger partial charge in [0.05, 0.1) is 23.8 Å². The van der Waals surface area contributed by atoms with E-state index in [9.17, 15) is 5.11 Å². The Balaban J connectivity index is 1.63. The molecule has 0 saturated heterocycles. The predicted octanol–water partition coefficient (Wildman–Crippen LogP) is 8.52. The van der Waals surface area contributed by atoms with E-state index in [-0.39, 0.29) is 28.1 Å². The second kappa shape index (κ2) is 11.9. The molecular formula is C40H52N6O. The van der Waals surface area contributed by atoms with Crippen molar-refractivity contribution in [3.63, 3.8) is 0 Å². The molecule has 1 N–H and O–H groups in total. The van der Waals surface area contributed by atoms with Crippen LogP contribution in [-0.2, 0) is 33.7 Å². The van der Waals surface area contributed by atoms with Crippen molar-refractivity contribution in [2.24, 2.45) is 0 Å². The lowest BCUT2D eigenvalue weighted by Gasteiger charge is -2.26. The highest BCUT2D eigenvalue weighted by Crippen LogP contribution is 2.35. The lowest BCUT2D eigenvalue weighted by molar-refractivity contribution is 0.0716. The molecule has 5 rings (SSSR count). The van der Waals surface area contributed by atoms with Gasteiger partial charge >= 0.3 is 0 Å². The van der Waals surface area contributed by atoms with Crippen molar-refractivity contribution in [2.75, 3.05) is 0 Å². The summed E-state index contributed by atoms with van der Waals surface area (Å²) in [6, 6.07) is 23.1. The lowest BCUT2D eigenvalue weighted by atomic mass is 9.80. The Morgan fingerprint density at radius 2 is 0.851 bits per heavy atom. The standard InChI is InChI=1S/C40H52N6O/c1-36(2,3)28-18-29(37(4,5)6)21-32(20-28)45-25-34(41-43-45)40(47,24-27-16-14-13-15-17-27)35-26-46(44-42-35)33-22-30(38(7,8)9)19-31(23-33)39(10,11)12/h13-23,25-26,47H,24H2,1-12H3. The van der Waals surface area contributed by atoms with Gasteiger partial charge < -0.3 is 5.11 Å². The van der Waals surface area contributed by atoms with Gasteiger partial charge in [0.25, 0.3) is 0 Å². The lowest BCUT2D eigenvalue weighted by Crippen LogP contribution is -2.31. The van der Waals surface area contributed by atoms with E-state index in [0.717, 1.165) is 16.9 Å². The van der Waals surface area contributed by atoms with Gasteiger partial charge in [-0.15, -0.1) is 10.2 Å². The summed E-state index contributed by atoms with van der Waals surface area (Å²) < 4.78 is 3.53. The summed E-state index contributed by atoms with van der Waals surface area (Å²) in [6.45, 7) is 26.6. The third-order valence-electron chi connectivity index (χ3n) is 8.97. The molecule has 0 aliphatic heterocycles. The van der Waals surface area contributed by atoms with Crippen LogP contribution >= 0.6 is 0 Å². The van der Waals surface area contributed by atoms with E-state index in [1.165, 1.54) is 22.3 Å². The van der Waals surface area contributed by atoms with Crippen LogP contribution in [0.15, 0.2) is 79.1 Å². The Morgan fingerprint density at radius 1 is 0.511 bits per heavy atom. The molecule has 7 nitrogen and oxygen atoms in total. The smallest absolute Gasteiger partial charge is 0.159 e. The van der Waals surface area contributed by atoms with Gasteiger partial charge in [0.2, 0.25) is 0 Å². The summed E-state index contributed by atoms with van der Waals surface area (Å²) in [4.78, 5) is 0. The van der Waals surface area contributed by atoms with Gasteiger partial charge in [-0.05, 0) is 73.7 Å². The number of nitrogens with zero attached hydrogens (tertiary/aromatic N) is 6. The molecule has 47 heavy (non-hydrogen) atoms. The Hall–Kier alpha value is -4.10. The molecule has 2 aromatic heterocycles.